The lowest BCUT2D eigenvalue weighted by Crippen LogP contribution is -2.41. The Morgan fingerprint density at radius 2 is 2.16 bits per heavy atom. The second-order valence-corrected chi connectivity index (χ2v) is 8.54. The van der Waals surface area contributed by atoms with Crippen molar-refractivity contribution < 1.29 is 9.90 Å². The number of thiophene rings is 1. The van der Waals surface area contributed by atoms with E-state index >= 15 is 0 Å². The van der Waals surface area contributed by atoms with Gasteiger partial charge in [-0.3, -0.25) is 9.48 Å². The Hall–Kier alpha value is -1.66. The highest BCUT2D eigenvalue weighted by molar-refractivity contribution is 7.14. The number of hydrogen-bond acceptors (Lipinski definition) is 4. The molecule has 1 saturated carbocycles. The molecule has 0 bridgehead atoms. The van der Waals surface area contributed by atoms with Gasteiger partial charge in [0.1, 0.15) is 0 Å². The summed E-state index contributed by atoms with van der Waals surface area (Å²) in [7, 11) is 1.88. The van der Waals surface area contributed by atoms with Gasteiger partial charge in [-0.15, -0.1) is 11.3 Å². The average molecular weight is 359 g/mol. The summed E-state index contributed by atoms with van der Waals surface area (Å²) in [5.74, 6) is 0.286. The van der Waals surface area contributed by atoms with Crippen LogP contribution in [0.25, 0.3) is 0 Å². The van der Waals surface area contributed by atoms with Crippen molar-refractivity contribution in [2.24, 2.45) is 13.0 Å². The van der Waals surface area contributed by atoms with Gasteiger partial charge in [-0.05, 0) is 56.1 Å². The Morgan fingerprint density at radius 3 is 2.88 bits per heavy atom. The maximum Gasteiger partial charge on any atom is 0.261 e. The number of carbonyl (C=O) groups is 1. The van der Waals surface area contributed by atoms with Crippen molar-refractivity contribution in [1.82, 2.24) is 15.1 Å². The van der Waals surface area contributed by atoms with Crippen molar-refractivity contribution in [2.45, 2.75) is 57.1 Å². The first-order valence-corrected chi connectivity index (χ1v) is 10.0. The second-order valence-electron chi connectivity index (χ2n) is 7.40. The number of aliphatic hydroxyl groups is 1. The molecule has 4 rings (SSSR count). The van der Waals surface area contributed by atoms with Crippen molar-refractivity contribution in [3.8, 4) is 0 Å². The van der Waals surface area contributed by atoms with Gasteiger partial charge < -0.3 is 10.4 Å². The Balaban J connectivity index is 1.52. The summed E-state index contributed by atoms with van der Waals surface area (Å²) in [6.45, 7) is 0. The van der Waals surface area contributed by atoms with Crippen LogP contribution in [0.2, 0.25) is 0 Å². The zero-order chi connectivity index (χ0) is 17.4. The van der Waals surface area contributed by atoms with E-state index in [1.807, 2.05) is 19.4 Å². The van der Waals surface area contributed by atoms with Crippen molar-refractivity contribution >= 4 is 17.2 Å². The van der Waals surface area contributed by atoms with Crippen molar-refractivity contribution in [2.75, 3.05) is 0 Å². The molecule has 2 aliphatic rings. The fraction of sp³-hybridized carbons (Fsp3) is 0.579. The van der Waals surface area contributed by atoms with E-state index < -0.39 is 0 Å². The molecule has 2 aromatic heterocycles. The molecule has 134 valence electrons. The predicted octanol–water partition coefficient (Wildman–Crippen LogP) is 2.99. The van der Waals surface area contributed by atoms with Gasteiger partial charge in [-0.25, -0.2) is 0 Å². The number of hydrogen-bond donors (Lipinski definition) is 2. The van der Waals surface area contributed by atoms with Gasteiger partial charge in [0.15, 0.2) is 0 Å². The number of nitrogens with zero attached hydrogens (tertiary/aromatic N) is 2. The molecule has 0 unspecified atom stereocenters. The summed E-state index contributed by atoms with van der Waals surface area (Å²) in [5, 5.41) is 17.1. The second kappa shape index (κ2) is 6.92. The number of amides is 1. The van der Waals surface area contributed by atoms with E-state index in [1.54, 1.807) is 16.0 Å². The average Bonchev–Trinajstić information content (AvgIpc) is 3.11. The van der Waals surface area contributed by atoms with Crippen LogP contribution >= 0.6 is 11.3 Å². The summed E-state index contributed by atoms with van der Waals surface area (Å²) in [6, 6.07) is 2.02. The van der Waals surface area contributed by atoms with Crippen LogP contribution in [-0.2, 0) is 19.9 Å². The normalized spacial score (nSPS) is 24.1. The van der Waals surface area contributed by atoms with Crippen molar-refractivity contribution in [1.29, 1.82) is 0 Å². The van der Waals surface area contributed by atoms with Crippen molar-refractivity contribution in [3.05, 3.63) is 39.3 Å². The number of carbonyl (C=O) groups excluding carboxylic acids is 1. The van der Waals surface area contributed by atoms with Gasteiger partial charge in [0.25, 0.3) is 5.91 Å². The van der Waals surface area contributed by atoms with Crippen molar-refractivity contribution in [3.63, 3.8) is 0 Å². The Labute approximate surface area is 152 Å². The van der Waals surface area contributed by atoms with E-state index in [2.05, 4.69) is 16.5 Å². The van der Waals surface area contributed by atoms with Gasteiger partial charge in [-0.1, -0.05) is 6.42 Å². The fourth-order valence-electron chi connectivity index (χ4n) is 3.97. The molecule has 1 amide bonds. The molecular weight excluding hydrogens is 334 g/mol. The third-order valence-corrected chi connectivity index (χ3v) is 6.70. The number of aryl methyl sites for hydroxylation is 3. The van der Waals surface area contributed by atoms with Crippen LogP contribution < -0.4 is 5.32 Å². The van der Waals surface area contributed by atoms with Gasteiger partial charge in [0, 0.05) is 23.7 Å². The first-order valence-electron chi connectivity index (χ1n) is 9.19. The maximum absolute atomic E-state index is 12.9. The molecule has 1 fully saturated rings. The highest BCUT2D eigenvalue weighted by Crippen LogP contribution is 2.38. The highest BCUT2D eigenvalue weighted by Gasteiger charge is 2.36. The summed E-state index contributed by atoms with van der Waals surface area (Å²) in [6.07, 6.45) is 11.0. The fourth-order valence-corrected chi connectivity index (χ4v) is 5.12. The molecule has 2 aromatic rings. The molecule has 0 aliphatic heterocycles. The lowest BCUT2D eigenvalue weighted by Gasteiger charge is -2.37. The standard InChI is InChI=1S/C19H25N3O2S/c1-22-11-14(10-20-22)18(13-7-15(23)8-13)21-19(24)17-9-12-5-3-2-4-6-16(12)25-17/h9-11,13,15,18,23H,2-8H2,1H3,(H,21,24)/t13?,15?,18-/m0/s1. The zero-order valence-electron chi connectivity index (χ0n) is 14.6. The summed E-state index contributed by atoms with van der Waals surface area (Å²) in [4.78, 5) is 15.1. The number of fused-ring (bicyclic) bond motifs is 1. The molecule has 2 heterocycles. The Kier molecular flexibility index (Phi) is 4.65. The largest absolute Gasteiger partial charge is 0.393 e. The van der Waals surface area contributed by atoms with Gasteiger partial charge in [-0.2, -0.15) is 5.10 Å². The van der Waals surface area contributed by atoms with E-state index in [1.165, 1.54) is 29.7 Å². The summed E-state index contributed by atoms with van der Waals surface area (Å²) >= 11 is 1.65. The smallest absolute Gasteiger partial charge is 0.261 e. The van der Waals surface area contributed by atoms with Crippen LogP contribution in [0.15, 0.2) is 18.5 Å². The molecule has 0 aromatic carbocycles. The van der Waals surface area contributed by atoms with E-state index in [-0.39, 0.29) is 24.0 Å². The minimum atomic E-state index is -0.237. The minimum Gasteiger partial charge on any atom is -0.393 e. The topological polar surface area (TPSA) is 67.2 Å². The molecule has 5 nitrogen and oxygen atoms in total. The number of aromatic nitrogens is 2. The molecule has 2 aliphatic carbocycles. The van der Waals surface area contributed by atoms with E-state index in [9.17, 15) is 9.90 Å². The quantitative estimate of drug-likeness (QED) is 0.825. The summed E-state index contributed by atoms with van der Waals surface area (Å²) < 4.78 is 1.76. The van der Waals surface area contributed by atoms with Gasteiger partial charge >= 0.3 is 0 Å². The minimum absolute atomic E-state index is 0.00770. The number of nitrogens with one attached hydrogen (secondary N) is 1. The first-order chi connectivity index (χ1) is 12.1. The van der Waals surface area contributed by atoms with Crippen LogP contribution in [-0.4, -0.2) is 26.9 Å². The lowest BCUT2D eigenvalue weighted by molar-refractivity contribution is 0.0235. The van der Waals surface area contributed by atoms with Crippen LogP contribution in [0.4, 0.5) is 0 Å². The SMILES string of the molecule is Cn1cc([C@@H](NC(=O)c2cc3c(s2)CCCCC3)C2CC(O)C2)cn1. The van der Waals surface area contributed by atoms with Crippen LogP contribution in [0.1, 0.15) is 63.8 Å². The Morgan fingerprint density at radius 1 is 1.36 bits per heavy atom. The monoisotopic (exact) mass is 359 g/mol. The van der Waals surface area contributed by atoms with Gasteiger partial charge in [0.2, 0.25) is 0 Å². The molecule has 0 saturated heterocycles. The molecular formula is C19H25N3O2S. The molecule has 2 N–H and O–H groups in total. The van der Waals surface area contributed by atoms with Crippen LogP contribution in [0.3, 0.4) is 0 Å². The third-order valence-electron chi connectivity index (χ3n) is 5.46. The number of rotatable bonds is 4. The first kappa shape index (κ1) is 16.8. The van der Waals surface area contributed by atoms with Crippen LogP contribution in [0, 0.1) is 5.92 Å². The van der Waals surface area contributed by atoms with Crippen LogP contribution in [0.5, 0.6) is 0 Å². The maximum atomic E-state index is 12.9. The molecule has 0 radical (unpaired) electrons. The third kappa shape index (κ3) is 3.51. The van der Waals surface area contributed by atoms with Gasteiger partial charge in [0.05, 0.1) is 23.2 Å². The zero-order valence-corrected chi connectivity index (χ0v) is 15.4. The van der Waals surface area contributed by atoms with E-state index in [0.717, 1.165) is 36.1 Å². The predicted molar refractivity (Wildman–Crippen MR) is 97.7 cm³/mol. The molecule has 25 heavy (non-hydrogen) atoms. The molecule has 0 spiro atoms. The number of aliphatic hydroxyl groups excluding tert-OH is 1. The highest BCUT2D eigenvalue weighted by atomic mass is 32.1. The summed E-state index contributed by atoms with van der Waals surface area (Å²) in [5.41, 5.74) is 2.38. The lowest BCUT2D eigenvalue weighted by atomic mass is 9.75. The van der Waals surface area contributed by atoms with E-state index in [4.69, 9.17) is 0 Å². The molecule has 1 atom stereocenters. The molecule has 6 heteroatoms. The Bertz CT molecular complexity index is 737. The van der Waals surface area contributed by atoms with E-state index in [0.29, 0.717) is 0 Å².